The highest BCUT2D eigenvalue weighted by molar-refractivity contribution is 5.94. The molecule has 0 aliphatic carbocycles. The lowest BCUT2D eigenvalue weighted by Gasteiger charge is -2.31. The molecule has 1 aromatic rings. The summed E-state index contributed by atoms with van der Waals surface area (Å²) >= 11 is 0. The van der Waals surface area contributed by atoms with Gasteiger partial charge in [0.15, 0.2) is 0 Å². The van der Waals surface area contributed by atoms with Crippen molar-refractivity contribution in [3.05, 3.63) is 30.1 Å². The monoisotopic (exact) mass is 279 g/mol. The van der Waals surface area contributed by atoms with Crippen LogP contribution in [0.2, 0.25) is 0 Å². The number of nitrogens with zero attached hydrogens (tertiary/aromatic N) is 2. The van der Waals surface area contributed by atoms with Gasteiger partial charge < -0.3 is 10.6 Å². The summed E-state index contributed by atoms with van der Waals surface area (Å²) in [6.45, 7) is 4.32. The molecule has 1 aromatic carbocycles. The molecule has 0 unspecified atom stereocenters. The van der Waals surface area contributed by atoms with Crippen LogP contribution in [0, 0.1) is 5.82 Å². The minimum absolute atomic E-state index is 0.0620. The maximum Gasteiger partial charge on any atom is 0.241 e. The second kappa shape index (κ2) is 6.81. The number of benzene rings is 1. The van der Waals surface area contributed by atoms with Gasteiger partial charge in [-0.25, -0.2) is 4.39 Å². The normalized spacial score (nSPS) is 17.1. The van der Waals surface area contributed by atoms with E-state index in [1.54, 1.807) is 18.2 Å². The number of hydrogen-bond donors (Lipinski definition) is 1. The van der Waals surface area contributed by atoms with E-state index in [0.29, 0.717) is 18.8 Å². The lowest BCUT2D eigenvalue weighted by atomic mass is 10.1. The molecular formula is C15H22FN3O. The van der Waals surface area contributed by atoms with Gasteiger partial charge in [-0.1, -0.05) is 12.1 Å². The van der Waals surface area contributed by atoms with E-state index in [-0.39, 0.29) is 17.8 Å². The zero-order valence-electron chi connectivity index (χ0n) is 11.9. The lowest BCUT2D eigenvalue weighted by Crippen LogP contribution is -2.46. The van der Waals surface area contributed by atoms with E-state index >= 15 is 0 Å². The van der Waals surface area contributed by atoms with Crippen molar-refractivity contribution in [3.63, 3.8) is 0 Å². The zero-order chi connectivity index (χ0) is 14.5. The molecule has 2 N–H and O–H groups in total. The molecule has 4 nitrogen and oxygen atoms in total. The van der Waals surface area contributed by atoms with Gasteiger partial charge in [0.05, 0.1) is 12.2 Å². The summed E-state index contributed by atoms with van der Waals surface area (Å²) in [5.74, 6) is -0.420. The zero-order valence-corrected chi connectivity index (χ0v) is 11.9. The molecule has 1 amide bonds. The number of anilines is 1. The third kappa shape index (κ3) is 3.55. The molecule has 20 heavy (non-hydrogen) atoms. The molecule has 1 saturated heterocycles. The molecule has 0 bridgehead atoms. The van der Waals surface area contributed by atoms with Crippen LogP contribution in [0.4, 0.5) is 10.1 Å². The van der Waals surface area contributed by atoms with Crippen LogP contribution < -0.4 is 10.6 Å². The van der Waals surface area contributed by atoms with Crippen LogP contribution in [0.5, 0.6) is 0 Å². The standard InChI is InChI=1S/C15H22FN3O/c1-2-19(14-6-4-3-5-13(14)16)15(20)11-18-9-7-12(17)8-10-18/h3-6,12H,2,7-11,17H2,1H3. The van der Waals surface area contributed by atoms with E-state index in [1.165, 1.54) is 11.0 Å². The van der Waals surface area contributed by atoms with Crippen molar-refractivity contribution >= 4 is 11.6 Å². The van der Waals surface area contributed by atoms with Crippen LogP contribution >= 0.6 is 0 Å². The number of carbonyl (C=O) groups excluding carboxylic acids is 1. The number of piperidine rings is 1. The van der Waals surface area contributed by atoms with Crippen molar-refractivity contribution in [1.82, 2.24) is 4.90 Å². The van der Waals surface area contributed by atoms with Gasteiger partial charge in [0, 0.05) is 25.7 Å². The molecule has 0 spiro atoms. The Labute approximate surface area is 119 Å². The molecule has 5 heteroatoms. The summed E-state index contributed by atoms with van der Waals surface area (Å²) in [7, 11) is 0. The maximum absolute atomic E-state index is 13.8. The average Bonchev–Trinajstić information content (AvgIpc) is 2.44. The smallest absolute Gasteiger partial charge is 0.241 e. The Kier molecular flexibility index (Phi) is 5.09. The number of halogens is 1. The largest absolute Gasteiger partial charge is 0.328 e. The van der Waals surface area contributed by atoms with Crippen molar-refractivity contribution in [2.45, 2.75) is 25.8 Å². The number of nitrogens with two attached hydrogens (primary N) is 1. The second-order valence-electron chi connectivity index (χ2n) is 5.20. The molecule has 0 atom stereocenters. The minimum atomic E-state index is -0.358. The summed E-state index contributed by atoms with van der Waals surface area (Å²) < 4.78 is 13.8. The van der Waals surface area contributed by atoms with E-state index in [9.17, 15) is 9.18 Å². The van der Waals surface area contributed by atoms with Gasteiger partial charge in [-0.2, -0.15) is 0 Å². The molecule has 110 valence electrons. The molecule has 1 aliphatic rings. The molecule has 0 radical (unpaired) electrons. The number of para-hydroxylation sites is 1. The molecule has 1 heterocycles. The van der Waals surface area contributed by atoms with E-state index in [2.05, 4.69) is 4.90 Å². The van der Waals surface area contributed by atoms with Crippen molar-refractivity contribution in [3.8, 4) is 0 Å². The molecule has 0 aromatic heterocycles. The Bertz CT molecular complexity index is 458. The summed E-state index contributed by atoms with van der Waals surface area (Å²) in [4.78, 5) is 16.0. The highest BCUT2D eigenvalue weighted by atomic mass is 19.1. The van der Waals surface area contributed by atoms with Crippen molar-refractivity contribution in [2.75, 3.05) is 31.1 Å². The predicted octanol–water partition coefficient (Wildman–Crippen LogP) is 1.60. The third-order valence-electron chi connectivity index (χ3n) is 3.75. The number of carbonyl (C=O) groups is 1. The number of amides is 1. The van der Waals surface area contributed by atoms with Crippen LogP contribution in [0.15, 0.2) is 24.3 Å². The van der Waals surface area contributed by atoms with Gasteiger partial charge in [-0.05, 0) is 31.9 Å². The first-order valence-corrected chi connectivity index (χ1v) is 7.14. The highest BCUT2D eigenvalue weighted by Gasteiger charge is 2.22. The van der Waals surface area contributed by atoms with E-state index in [4.69, 9.17) is 5.73 Å². The van der Waals surface area contributed by atoms with Gasteiger partial charge in [-0.3, -0.25) is 9.69 Å². The Hall–Kier alpha value is -1.46. The predicted molar refractivity (Wildman–Crippen MR) is 78.1 cm³/mol. The lowest BCUT2D eigenvalue weighted by molar-refractivity contribution is -0.120. The maximum atomic E-state index is 13.8. The third-order valence-corrected chi connectivity index (χ3v) is 3.75. The molecule has 1 fully saturated rings. The number of hydrogen-bond acceptors (Lipinski definition) is 3. The number of likely N-dealkylation sites (N-methyl/N-ethyl adjacent to an activating group) is 1. The number of likely N-dealkylation sites (tertiary alicyclic amines) is 1. The van der Waals surface area contributed by atoms with Crippen LogP contribution in [-0.2, 0) is 4.79 Å². The van der Waals surface area contributed by atoms with Gasteiger partial charge in [0.25, 0.3) is 0 Å². The summed E-state index contributed by atoms with van der Waals surface area (Å²) in [5.41, 5.74) is 6.21. The first kappa shape index (κ1) is 14.9. The quantitative estimate of drug-likeness (QED) is 0.911. The van der Waals surface area contributed by atoms with Crippen molar-refractivity contribution in [1.29, 1.82) is 0 Å². The van der Waals surface area contributed by atoms with Crippen LogP contribution in [0.1, 0.15) is 19.8 Å². The molecule has 2 rings (SSSR count). The fourth-order valence-electron chi connectivity index (χ4n) is 2.54. The number of rotatable bonds is 4. The van der Waals surface area contributed by atoms with E-state index < -0.39 is 0 Å². The topological polar surface area (TPSA) is 49.6 Å². The fraction of sp³-hybridized carbons (Fsp3) is 0.533. The average molecular weight is 279 g/mol. The van der Waals surface area contributed by atoms with Crippen LogP contribution in [-0.4, -0.2) is 43.0 Å². The SMILES string of the molecule is CCN(C(=O)CN1CCC(N)CC1)c1ccccc1F. The second-order valence-corrected chi connectivity index (χ2v) is 5.20. The van der Waals surface area contributed by atoms with Crippen LogP contribution in [0.3, 0.4) is 0 Å². The highest BCUT2D eigenvalue weighted by Crippen LogP contribution is 2.19. The Morgan fingerprint density at radius 1 is 1.40 bits per heavy atom. The van der Waals surface area contributed by atoms with E-state index in [0.717, 1.165) is 25.9 Å². The van der Waals surface area contributed by atoms with Crippen molar-refractivity contribution in [2.24, 2.45) is 5.73 Å². The summed E-state index contributed by atoms with van der Waals surface area (Å²) in [6, 6.07) is 6.64. The van der Waals surface area contributed by atoms with Gasteiger partial charge >= 0.3 is 0 Å². The molecule has 1 aliphatic heterocycles. The van der Waals surface area contributed by atoms with Crippen LogP contribution in [0.25, 0.3) is 0 Å². The fourth-order valence-corrected chi connectivity index (χ4v) is 2.54. The van der Waals surface area contributed by atoms with Crippen molar-refractivity contribution < 1.29 is 9.18 Å². The Balaban J connectivity index is 2.01. The molecular weight excluding hydrogens is 257 g/mol. The van der Waals surface area contributed by atoms with Gasteiger partial charge in [-0.15, -0.1) is 0 Å². The first-order valence-electron chi connectivity index (χ1n) is 7.14. The van der Waals surface area contributed by atoms with Gasteiger partial charge in [0.1, 0.15) is 5.82 Å². The Morgan fingerprint density at radius 3 is 2.65 bits per heavy atom. The minimum Gasteiger partial charge on any atom is -0.328 e. The summed E-state index contributed by atoms with van der Waals surface area (Å²) in [5, 5.41) is 0. The first-order chi connectivity index (χ1) is 9.61. The molecule has 0 saturated carbocycles. The Morgan fingerprint density at radius 2 is 2.05 bits per heavy atom. The van der Waals surface area contributed by atoms with Gasteiger partial charge in [0.2, 0.25) is 5.91 Å². The van der Waals surface area contributed by atoms with E-state index in [1.807, 2.05) is 6.92 Å². The summed E-state index contributed by atoms with van der Waals surface area (Å²) in [6.07, 6.45) is 1.83.